The van der Waals surface area contributed by atoms with Crippen molar-refractivity contribution in [2.24, 2.45) is 0 Å². The average Bonchev–Trinajstić information content (AvgIpc) is 3.37. The molecule has 4 rings (SSSR count). The predicted molar refractivity (Wildman–Crippen MR) is 98.0 cm³/mol. The van der Waals surface area contributed by atoms with E-state index >= 15 is 0 Å². The Morgan fingerprint density at radius 3 is 2.65 bits per heavy atom. The van der Waals surface area contributed by atoms with Crippen LogP contribution in [0.2, 0.25) is 0 Å². The third kappa shape index (κ3) is 3.18. The van der Waals surface area contributed by atoms with E-state index in [0.717, 1.165) is 24.0 Å². The normalized spacial score (nSPS) is 13.6. The molecule has 26 heavy (non-hydrogen) atoms. The highest BCUT2D eigenvalue weighted by molar-refractivity contribution is 6.02. The van der Waals surface area contributed by atoms with Gasteiger partial charge in [0.15, 0.2) is 5.69 Å². The molecule has 0 radical (unpaired) electrons. The van der Waals surface area contributed by atoms with Crippen molar-refractivity contribution in [1.29, 1.82) is 0 Å². The Bertz CT molecular complexity index is 988. The number of amides is 2. The molecule has 0 unspecified atom stereocenters. The number of hydrogen-bond donors (Lipinski definition) is 2. The van der Waals surface area contributed by atoms with Gasteiger partial charge in [-0.25, -0.2) is 4.98 Å². The fourth-order valence-electron chi connectivity index (χ4n) is 2.91. The van der Waals surface area contributed by atoms with Gasteiger partial charge in [-0.1, -0.05) is 30.3 Å². The number of carbonyl (C=O) groups excluding carboxylic acids is 2. The second kappa shape index (κ2) is 6.63. The van der Waals surface area contributed by atoms with Crippen LogP contribution in [0.15, 0.2) is 48.7 Å². The van der Waals surface area contributed by atoms with Crippen LogP contribution in [-0.2, 0) is 6.54 Å². The van der Waals surface area contributed by atoms with E-state index in [-0.39, 0.29) is 23.7 Å². The molecule has 6 nitrogen and oxygen atoms in total. The molecule has 1 fully saturated rings. The van der Waals surface area contributed by atoms with Gasteiger partial charge in [-0.15, -0.1) is 0 Å². The average molecular weight is 348 g/mol. The molecule has 0 spiro atoms. The van der Waals surface area contributed by atoms with Crippen LogP contribution < -0.4 is 10.6 Å². The number of nitrogens with zero attached hydrogens (tertiary/aromatic N) is 2. The topological polar surface area (TPSA) is 75.5 Å². The van der Waals surface area contributed by atoms with Crippen LogP contribution in [0.5, 0.6) is 0 Å². The maximum Gasteiger partial charge on any atom is 0.287 e. The van der Waals surface area contributed by atoms with Crippen molar-refractivity contribution in [3.63, 3.8) is 0 Å². The van der Waals surface area contributed by atoms with E-state index < -0.39 is 0 Å². The molecule has 2 amide bonds. The molecule has 2 heterocycles. The first kappa shape index (κ1) is 16.3. The maximum atomic E-state index is 12.7. The zero-order chi connectivity index (χ0) is 18.1. The minimum atomic E-state index is -0.306. The molecular formula is C20H20N4O2. The van der Waals surface area contributed by atoms with Crippen molar-refractivity contribution in [2.75, 3.05) is 0 Å². The maximum absolute atomic E-state index is 12.7. The van der Waals surface area contributed by atoms with Crippen molar-refractivity contribution in [2.45, 2.75) is 32.4 Å². The van der Waals surface area contributed by atoms with E-state index in [2.05, 4.69) is 15.6 Å². The molecule has 2 N–H and O–H groups in total. The third-order valence-electron chi connectivity index (χ3n) is 4.58. The number of aromatic nitrogens is 2. The molecule has 0 bridgehead atoms. The molecule has 1 aromatic carbocycles. The summed E-state index contributed by atoms with van der Waals surface area (Å²) < 4.78 is 1.66. The molecular weight excluding hydrogens is 328 g/mol. The second-order valence-electron chi connectivity index (χ2n) is 6.60. The summed E-state index contributed by atoms with van der Waals surface area (Å²) in [7, 11) is 0. The van der Waals surface area contributed by atoms with Gasteiger partial charge in [0.25, 0.3) is 11.8 Å². The molecule has 1 aliphatic carbocycles. The molecule has 132 valence electrons. The molecule has 0 saturated heterocycles. The highest BCUT2D eigenvalue weighted by Crippen LogP contribution is 2.20. The van der Waals surface area contributed by atoms with Gasteiger partial charge in [0.05, 0.1) is 5.52 Å². The molecule has 6 heteroatoms. The van der Waals surface area contributed by atoms with Gasteiger partial charge < -0.3 is 10.6 Å². The standard InChI is InChI=1S/C20H20N4O2/c1-13-6-2-3-7-14(13)12-21-20(26)18-23-17(19(25)22-15-9-10-15)16-8-4-5-11-24(16)18/h2-8,11,15H,9-10,12H2,1H3,(H,21,26)(H,22,25). The summed E-state index contributed by atoms with van der Waals surface area (Å²) in [6.07, 6.45) is 3.75. The lowest BCUT2D eigenvalue weighted by atomic mass is 10.1. The molecule has 0 atom stereocenters. The molecule has 2 aromatic heterocycles. The number of pyridine rings is 1. The number of rotatable bonds is 5. The van der Waals surface area contributed by atoms with E-state index in [4.69, 9.17) is 0 Å². The van der Waals surface area contributed by atoms with Crippen molar-refractivity contribution in [3.8, 4) is 0 Å². The lowest BCUT2D eigenvalue weighted by molar-refractivity contribution is 0.0939. The van der Waals surface area contributed by atoms with Crippen molar-refractivity contribution < 1.29 is 9.59 Å². The lowest BCUT2D eigenvalue weighted by Crippen LogP contribution is -2.27. The van der Waals surface area contributed by atoms with Crippen LogP contribution in [0, 0.1) is 6.92 Å². The first-order valence-electron chi connectivity index (χ1n) is 8.74. The number of benzene rings is 1. The summed E-state index contributed by atoms with van der Waals surface area (Å²) in [6.45, 7) is 2.42. The Morgan fingerprint density at radius 1 is 1.12 bits per heavy atom. The fourth-order valence-corrected chi connectivity index (χ4v) is 2.91. The quantitative estimate of drug-likeness (QED) is 0.744. The first-order chi connectivity index (χ1) is 12.6. The zero-order valence-corrected chi connectivity index (χ0v) is 14.5. The molecule has 1 aliphatic rings. The lowest BCUT2D eigenvalue weighted by Gasteiger charge is -2.07. The van der Waals surface area contributed by atoms with Gasteiger partial charge in [0, 0.05) is 18.8 Å². The van der Waals surface area contributed by atoms with Gasteiger partial charge in [0.2, 0.25) is 5.82 Å². The van der Waals surface area contributed by atoms with E-state index in [0.29, 0.717) is 17.8 Å². The minimum absolute atomic E-state index is 0.218. The SMILES string of the molecule is Cc1ccccc1CNC(=O)c1nc(C(=O)NC2CC2)c2ccccn12. The largest absolute Gasteiger partial charge is 0.348 e. The van der Waals surface area contributed by atoms with Crippen LogP contribution in [0.4, 0.5) is 0 Å². The first-order valence-corrected chi connectivity index (χ1v) is 8.74. The predicted octanol–water partition coefficient (Wildman–Crippen LogP) is 2.46. The van der Waals surface area contributed by atoms with Gasteiger partial charge in [-0.2, -0.15) is 0 Å². The Kier molecular flexibility index (Phi) is 4.16. The Labute approximate surface area is 151 Å². The zero-order valence-electron chi connectivity index (χ0n) is 14.5. The number of carbonyl (C=O) groups is 2. The molecule has 0 aliphatic heterocycles. The number of hydrogen-bond acceptors (Lipinski definition) is 3. The van der Waals surface area contributed by atoms with Crippen LogP contribution >= 0.6 is 0 Å². The Morgan fingerprint density at radius 2 is 1.88 bits per heavy atom. The summed E-state index contributed by atoms with van der Waals surface area (Å²) in [6, 6.07) is 13.6. The van der Waals surface area contributed by atoms with Crippen LogP contribution in [0.25, 0.3) is 5.52 Å². The summed E-state index contributed by atoms with van der Waals surface area (Å²) >= 11 is 0. The minimum Gasteiger partial charge on any atom is -0.348 e. The van der Waals surface area contributed by atoms with Crippen molar-refractivity contribution >= 4 is 17.3 Å². The summed E-state index contributed by atoms with van der Waals surface area (Å²) in [4.78, 5) is 29.5. The smallest absolute Gasteiger partial charge is 0.287 e. The van der Waals surface area contributed by atoms with E-state index in [1.807, 2.05) is 43.3 Å². The Balaban J connectivity index is 1.60. The summed E-state index contributed by atoms with van der Waals surface area (Å²) in [5.41, 5.74) is 3.09. The van der Waals surface area contributed by atoms with E-state index in [1.165, 1.54) is 0 Å². The third-order valence-corrected chi connectivity index (χ3v) is 4.58. The highest BCUT2D eigenvalue weighted by atomic mass is 16.2. The fraction of sp³-hybridized carbons (Fsp3) is 0.250. The number of nitrogens with one attached hydrogen (secondary N) is 2. The Hall–Kier alpha value is -3.15. The monoisotopic (exact) mass is 348 g/mol. The van der Waals surface area contributed by atoms with Gasteiger partial charge >= 0.3 is 0 Å². The summed E-state index contributed by atoms with van der Waals surface area (Å²) in [5, 5.41) is 5.83. The number of fused-ring (bicyclic) bond motifs is 1. The second-order valence-corrected chi connectivity index (χ2v) is 6.60. The molecule has 3 aromatic rings. The van der Waals surface area contributed by atoms with Crippen molar-refractivity contribution in [1.82, 2.24) is 20.0 Å². The molecule has 1 saturated carbocycles. The van der Waals surface area contributed by atoms with Crippen LogP contribution in [-0.4, -0.2) is 27.2 Å². The number of aryl methyl sites for hydroxylation is 1. The van der Waals surface area contributed by atoms with Gasteiger partial charge in [-0.05, 0) is 43.0 Å². The van der Waals surface area contributed by atoms with Crippen molar-refractivity contribution in [3.05, 3.63) is 71.3 Å². The summed E-state index contributed by atoms with van der Waals surface area (Å²) in [5.74, 6) is -0.316. The van der Waals surface area contributed by atoms with Crippen LogP contribution in [0.3, 0.4) is 0 Å². The highest BCUT2D eigenvalue weighted by Gasteiger charge is 2.27. The number of imidazole rings is 1. The van der Waals surface area contributed by atoms with Gasteiger partial charge in [-0.3, -0.25) is 14.0 Å². The van der Waals surface area contributed by atoms with E-state index in [1.54, 1.807) is 16.7 Å². The van der Waals surface area contributed by atoms with Crippen LogP contribution in [0.1, 0.15) is 45.1 Å². The van der Waals surface area contributed by atoms with E-state index in [9.17, 15) is 9.59 Å². The van der Waals surface area contributed by atoms with Gasteiger partial charge in [0.1, 0.15) is 0 Å².